The number of aromatic nitrogens is 2. The van der Waals surface area contributed by atoms with Gasteiger partial charge in [0.1, 0.15) is 0 Å². The third kappa shape index (κ3) is 2.19. The van der Waals surface area contributed by atoms with Crippen LogP contribution in [0.15, 0.2) is 23.4 Å². The Balaban J connectivity index is 2.70. The second kappa shape index (κ2) is 3.66. The van der Waals surface area contributed by atoms with E-state index in [0.29, 0.717) is 0 Å². The molecule has 0 spiro atoms. The lowest BCUT2D eigenvalue weighted by Crippen LogP contribution is -2.20. The lowest BCUT2D eigenvalue weighted by molar-refractivity contribution is -0.137. The van der Waals surface area contributed by atoms with Crippen LogP contribution < -0.4 is 5.56 Å². The third-order valence-corrected chi connectivity index (χ3v) is 1.36. The van der Waals surface area contributed by atoms with Gasteiger partial charge in [-0.15, -0.1) is 0 Å². The van der Waals surface area contributed by atoms with Crippen LogP contribution in [0.5, 0.6) is 0 Å². The Morgan fingerprint density at radius 3 is 3.00 bits per heavy atom. The predicted molar refractivity (Wildman–Crippen MR) is 40.7 cm³/mol. The Bertz CT molecular complexity index is 331. The van der Waals surface area contributed by atoms with Gasteiger partial charge in [0.25, 0.3) is 5.56 Å². The summed E-state index contributed by atoms with van der Waals surface area (Å²) in [5.41, 5.74) is -0.230. The number of carbonyl (C=O) groups is 1. The molecule has 64 valence electrons. The van der Waals surface area contributed by atoms with Crippen molar-refractivity contribution in [2.24, 2.45) is 0 Å². The topological polar surface area (TPSA) is 72.2 Å². The van der Waals surface area contributed by atoms with Gasteiger partial charge in [-0.1, -0.05) is 0 Å². The average Bonchev–Trinajstić information content (AvgIpc) is 2.03. The van der Waals surface area contributed by atoms with Crippen LogP contribution >= 0.6 is 0 Å². The molecule has 0 saturated carbocycles. The molecule has 1 N–H and O–H groups in total. The molecule has 0 saturated heterocycles. The fourth-order valence-electron chi connectivity index (χ4n) is 0.762. The van der Waals surface area contributed by atoms with Gasteiger partial charge in [0.15, 0.2) is 0 Å². The van der Waals surface area contributed by atoms with Crippen molar-refractivity contribution in [3.8, 4) is 0 Å². The van der Waals surface area contributed by atoms with Gasteiger partial charge in [-0.2, -0.15) is 0 Å². The van der Waals surface area contributed by atoms with E-state index in [1.807, 2.05) is 0 Å². The van der Waals surface area contributed by atoms with Crippen LogP contribution in [-0.4, -0.2) is 20.6 Å². The van der Waals surface area contributed by atoms with E-state index in [-0.39, 0.29) is 18.5 Å². The normalized spacial score (nSPS) is 9.67. The van der Waals surface area contributed by atoms with Crippen LogP contribution in [0.2, 0.25) is 0 Å². The molecule has 0 radical (unpaired) electrons. The van der Waals surface area contributed by atoms with E-state index in [0.717, 1.165) is 0 Å². The molecule has 1 aromatic rings. The highest BCUT2D eigenvalue weighted by Gasteiger charge is 1.98. The van der Waals surface area contributed by atoms with Crippen molar-refractivity contribution in [2.45, 2.75) is 13.0 Å². The highest BCUT2D eigenvalue weighted by atomic mass is 16.4. The first-order valence-electron chi connectivity index (χ1n) is 3.42. The standard InChI is InChI=1S/C7H8N2O3/c10-6-1-3-8-5-9(6)4-2-7(11)12/h1,3,5H,2,4H2,(H,11,12). The van der Waals surface area contributed by atoms with E-state index >= 15 is 0 Å². The molecule has 0 atom stereocenters. The Labute approximate surface area is 68.3 Å². The average molecular weight is 168 g/mol. The van der Waals surface area contributed by atoms with Crippen LogP contribution in [0.1, 0.15) is 6.42 Å². The zero-order valence-corrected chi connectivity index (χ0v) is 6.30. The molecule has 1 aromatic heterocycles. The smallest absolute Gasteiger partial charge is 0.305 e. The maximum atomic E-state index is 11.0. The Morgan fingerprint density at radius 1 is 1.67 bits per heavy atom. The molecule has 0 aromatic carbocycles. The van der Waals surface area contributed by atoms with Crippen LogP contribution in [0.3, 0.4) is 0 Å². The first-order chi connectivity index (χ1) is 5.70. The minimum Gasteiger partial charge on any atom is -0.481 e. The Hall–Kier alpha value is -1.65. The van der Waals surface area contributed by atoms with Gasteiger partial charge in [-0.25, -0.2) is 4.98 Å². The van der Waals surface area contributed by atoms with Gasteiger partial charge in [0.05, 0.1) is 12.7 Å². The van der Waals surface area contributed by atoms with Crippen LogP contribution in [-0.2, 0) is 11.3 Å². The Kier molecular flexibility index (Phi) is 2.57. The monoisotopic (exact) mass is 168 g/mol. The summed E-state index contributed by atoms with van der Waals surface area (Å²) in [7, 11) is 0. The second-order valence-electron chi connectivity index (χ2n) is 2.26. The van der Waals surface area contributed by atoms with Crippen molar-refractivity contribution >= 4 is 5.97 Å². The summed E-state index contributed by atoms with van der Waals surface area (Å²) in [6.07, 6.45) is 2.64. The highest BCUT2D eigenvalue weighted by Crippen LogP contribution is 1.84. The fraction of sp³-hybridized carbons (Fsp3) is 0.286. The summed E-state index contributed by atoms with van der Waals surface area (Å²) in [4.78, 5) is 24.8. The summed E-state index contributed by atoms with van der Waals surface area (Å²) in [6, 6.07) is 1.29. The molecular weight excluding hydrogens is 160 g/mol. The van der Waals surface area contributed by atoms with Crippen molar-refractivity contribution in [2.75, 3.05) is 0 Å². The molecule has 5 nitrogen and oxygen atoms in total. The molecule has 0 aliphatic rings. The van der Waals surface area contributed by atoms with Crippen LogP contribution in [0.25, 0.3) is 0 Å². The molecule has 1 heterocycles. The summed E-state index contributed by atoms with van der Waals surface area (Å²) in [6.45, 7) is 0.169. The maximum Gasteiger partial charge on any atom is 0.305 e. The van der Waals surface area contributed by atoms with Crippen molar-refractivity contribution < 1.29 is 9.90 Å². The lowest BCUT2D eigenvalue weighted by atomic mass is 10.4. The number of rotatable bonds is 3. The van der Waals surface area contributed by atoms with Crippen molar-refractivity contribution in [1.82, 2.24) is 9.55 Å². The van der Waals surface area contributed by atoms with Gasteiger partial charge in [-0.05, 0) is 0 Å². The largest absolute Gasteiger partial charge is 0.481 e. The van der Waals surface area contributed by atoms with Gasteiger partial charge in [-0.3, -0.25) is 14.2 Å². The first-order valence-corrected chi connectivity index (χ1v) is 3.42. The Morgan fingerprint density at radius 2 is 2.42 bits per heavy atom. The number of hydrogen-bond acceptors (Lipinski definition) is 3. The van der Waals surface area contributed by atoms with E-state index in [1.54, 1.807) is 0 Å². The quantitative estimate of drug-likeness (QED) is 0.673. The molecule has 0 fully saturated rings. The van der Waals surface area contributed by atoms with Gasteiger partial charge >= 0.3 is 5.97 Å². The summed E-state index contributed by atoms with van der Waals surface area (Å²) < 4.78 is 1.26. The summed E-state index contributed by atoms with van der Waals surface area (Å²) in [5.74, 6) is -0.925. The van der Waals surface area contributed by atoms with Crippen molar-refractivity contribution in [1.29, 1.82) is 0 Å². The van der Waals surface area contributed by atoms with E-state index in [9.17, 15) is 9.59 Å². The predicted octanol–water partition coefficient (Wildman–Crippen LogP) is -0.282. The summed E-state index contributed by atoms with van der Waals surface area (Å²) >= 11 is 0. The van der Waals surface area contributed by atoms with Crippen molar-refractivity contribution in [3.63, 3.8) is 0 Å². The SMILES string of the molecule is O=C(O)CCn1cnccc1=O. The number of hydrogen-bond donors (Lipinski definition) is 1. The molecule has 0 amide bonds. The zero-order valence-electron chi connectivity index (χ0n) is 6.30. The summed E-state index contributed by atoms with van der Waals surface area (Å²) in [5, 5.41) is 8.33. The molecule has 5 heteroatoms. The van der Waals surface area contributed by atoms with Gasteiger partial charge in [0, 0.05) is 18.8 Å². The second-order valence-corrected chi connectivity index (χ2v) is 2.26. The number of aryl methyl sites for hydroxylation is 1. The number of aliphatic carboxylic acids is 1. The minimum atomic E-state index is -0.925. The van der Waals surface area contributed by atoms with E-state index < -0.39 is 5.97 Å². The van der Waals surface area contributed by atoms with Crippen molar-refractivity contribution in [3.05, 3.63) is 28.9 Å². The van der Waals surface area contributed by atoms with E-state index in [4.69, 9.17) is 5.11 Å². The molecule has 0 bridgehead atoms. The molecule has 12 heavy (non-hydrogen) atoms. The molecule has 0 aliphatic heterocycles. The number of carboxylic acid groups (broad SMARTS) is 1. The minimum absolute atomic E-state index is 0.0639. The van der Waals surface area contributed by atoms with Gasteiger partial charge in [0.2, 0.25) is 0 Å². The zero-order chi connectivity index (χ0) is 8.97. The fourth-order valence-corrected chi connectivity index (χ4v) is 0.762. The third-order valence-electron chi connectivity index (χ3n) is 1.36. The van der Waals surface area contributed by atoms with Crippen LogP contribution in [0.4, 0.5) is 0 Å². The molecule has 0 unspecified atom stereocenters. The highest BCUT2D eigenvalue weighted by molar-refractivity contribution is 5.66. The van der Waals surface area contributed by atoms with Gasteiger partial charge < -0.3 is 5.11 Å². The maximum absolute atomic E-state index is 11.0. The first kappa shape index (κ1) is 8.45. The molecule has 1 rings (SSSR count). The van der Waals surface area contributed by atoms with E-state index in [2.05, 4.69) is 4.98 Å². The number of nitrogens with zero attached hydrogens (tertiary/aromatic N) is 2. The lowest BCUT2D eigenvalue weighted by Gasteiger charge is -1.99. The molecular formula is C7H8N2O3. The number of carboxylic acids is 1. The van der Waals surface area contributed by atoms with Crippen LogP contribution in [0, 0.1) is 0 Å². The molecule has 0 aliphatic carbocycles. The van der Waals surface area contributed by atoms with E-state index in [1.165, 1.54) is 23.2 Å².